The fourth-order valence-corrected chi connectivity index (χ4v) is 4.18. The number of nitrogens with one attached hydrogen (secondary N) is 2. The van der Waals surface area contributed by atoms with Gasteiger partial charge in [0.15, 0.2) is 0 Å². The molecule has 156 valence electrons. The summed E-state index contributed by atoms with van der Waals surface area (Å²) < 4.78 is 42.7. The van der Waals surface area contributed by atoms with Crippen molar-refractivity contribution in [3.63, 3.8) is 0 Å². The maximum atomic E-state index is 13.6. The lowest BCUT2D eigenvalue weighted by Gasteiger charge is -2.19. The van der Waals surface area contributed by atoms with E-state index < -0.39 is 11.7 Å². The normalized spacial score (nSPS) is 19.2. The molecule has 1 aromatic heterocycles. The van der Waals surface area contributed by atoms with E-state index in [1.165, 1.54) is 0 Å². The van der Waals surface area contributed by atoms with Gasteiger partial charge < -0.3 is 10.6 Å². The quantitative estimate of drug-likeness (QED) is 0.600. The molecule has 0 radical (unpaired) electrons. The van der Waals surface area contributed by atoms with Crippen LogP contribution in [0.15, 0.2) is 30.3 Å². The summed E-state index contributed by atoms with van der Waals surface area (Å²) in [6.07, 6.45) is -2.17. The van der Waals surface area contributed by atoms with Crippen LogP contribution >= 0.6 is 0 Å². The highest BCUT2D eigenvalue weighted by Gasteiger charge is 2.34. The molecule has 2 N–H and O–H groups in total. The minimum atomic E-state index is -4.52. The Balaban J connectivity index is 1.74. The number of nitrogens with zero attached hydrogens (tertiary/aromatic N) is 2. The van der Waals surface area contributed by atoms with Crippen molar-refractivity contribution in [3.8, 4) is 11.1 Å². The van der Waals surface area contributed by atoms with Crippen LogP contribution in [0.3, 0.4) is 0 Å². The number of halogens is 3. The van der Waals surface area contributed by atoms with Gasteiger partial charge in [0.1, 0.15) is 0 Å². The van der Waals surface area contributed by atoms with E-state index in [2.05, 4.69) is 15.7 Å². The van der Waals surface area contributed by atoms with Gasteiger partial charge in [0, 0.05) is 36.4 Å². The van der Waals surface area contributed by atoms with E-state index in [4.69, 9.17) is 0 Å². The number of benzene rings is 2. The zero-order valence-corrected chi connectivity index (χ0v) is 16.6. The summed E-state index contributed by atoms with van der Waals surface area (Å²) in [5.41, 5.74) is 2.91. The molecular formula is C22H21F3N4O. The third-order valence-electron chi connectivity index (χ3n) is 5.78. The molecule has 1 atom stereocenters. The first-order valence-electron chi connectivity index (χ1n) is 9.99. The van der Waals surface area contributed by atoms with Gasteiger partial charge >= 0.3 is 6.18 Å². The van der Waals surface area contributed by atoms with Crippen LogP contribution in [0.2, 0.25) is 0 Å². The average molecular weight is 414 g/mol. The second-order valence-corrected chi connectivity index (χ2v) is 8.26. The van der Waals surface area contributed by atoms with Crippen LogP contribution in [0, 0.1) is 0 Å². The van der Waals surface area contributed by atoms with Gasteiger partial charge in [-0.2, -0.15) is 18.3 Å². The van der Waals surface area contributed by atoms with Crippen molar-refractivity contribution in [2.45, 2.75) is 44.3 Å². The van der Waals surface area contributed by atoms with E-state index in [9.17, 15) is 18.0 Å². The summed E-state index contributed by atoms with van der Waals surface area (Å²) in [7, 11) is 1.88. The fraction of sp³-hybridized carbons (Fsp3) is 0.364. The summed E-state index contributed by atoms with van der Waals surface area (Å²) in [6, 6.07) is 7.59. The number of carbonyl (C=O) groups is 1. The standard InChI is InChI=1S/C22H21F3N4O/c1-11-7-19(30)27-17-10-14(22(23,24)25)9-15(21(17)26-11)13-5-6-18-16(8-13)20(12-3-4-12)28-29(18)2/h5-6,8-12,26H,3-4,7H2,1-2H3,(H,27,30)/t11-/m1/s1. The number of aryl methyl sites for hydroxylation is 1. The van der Waals surface area contributed by atoms with Crippen LogP contribution in [-0.2, 0) is 18.0 Å². The van der Waals surface area contributed by atoms with Gasteiger partial charge in [0.2, 0.25) is 5.91 Å². The van der Waals surface area contributed by atoms with Gasteiger partial charge in [-0.3, -0.25) is 9.48 Å². The molecular weight excluding hydrogens is 393 g/mol. The molecule has 2 aromatic carbocycles. The molecule has 1 saturated carbocycles. The maximum Gasteiger partial charge on any atom is 0.416 e. The van der Waals surface area contributed by atoms with Gasteiger partial charge in [-0.05, 0) is 49.6 Å². The summed E-state index contributed by atoms with van der Waals surface area (Å²) >= 11 is 0. The summed E-state index contributed by atoms with van der Waals surface area (Å²) in [5.74, 6) is 0.109. The Morgan fingerprint density at radius 3 is 2.63 bits per heavy atom. The summed E-state index contributed by atoms with van der Waals surface area (Å²) in [4.78, 5) is 12.1. The monoisotopic (exact) mass is 414 g/mol. The zero-order chi connectivity index (χ0) is 21.2. The minimum Gasteiger partial charge on any atom is -0.380 e. The lowest BCUT2D eigenvalue weighted by molar-refractivity contribution is -0.137. The molecule has 5 rings (SSSR count). The van der Waals surface area contributed by atoms with Crippen LogP contribution < -0.4 is 10.6 Å². The molecule has 5 nitrogen and oxygen atoms in total. The SMILES string of the molecule is C[C@@H]1CC(=O)Nc2cc(C(F)(F)F)cc(-c3ccc4c(c3)c(C3CC3)nn4C)c2N1. The molecule has 0 unspecified atom stereocenters. The molecule has 0 saturated heterocycles. The molecule has 3 aromatic rings. The van der Waals surface area contributed by atoms with Crippen LogP contribution in [0.5, 0.6) is 0 Å². The molecule has 0 bridgehead atoms. The average Bonchev–Trinajstić information content (AvgIpc) is 3.47. The van der Waals surface area contributed by atoms with Crippen LogP contribution in [0.25, 0.3) is 22.0 Å². The first kappa shape index (κ1) is 19.0. The number of amides is 1. The zero-order valence-electron chi connectivity index (χ0n) is 16.6. The summed E-state index contributed by atoms with van der Waals surface area (Å²) in [5, 5.41) is 11.5. The van der Waals surface area contributed by atoms with E-state index in [-0.39, 0.29) is 24.1 Å². The van der Waals surface area contributed by atoms with Gasteiger partial charge in [0.05, 0.1) is 28.1 Å². The Kier molecular flexibility index (Phi) is 4.10. The number of hydrogen-bond donors (Lipinski definition) is 2. The van der Waals surface area contributed by atoms with E-state index in [1.54, 1.807) is 0 Å². The highest BCUT2D eigenvalue weighted by atomic mass is 19.4. The second-order valence-electron chi connectivity index (χ2n) is 8.26. The fourth-order valence-electron chi connectivity index (χ4n) is 4.18. The number of fused-ring (bicyclic) bond motifs is 2. The van der Waals surface area contributed by atoms with Gasteiger partial charge in [-0.1, -0.05) is 6.07 Å². The first-order chi connectivity index (χ1) is 14.2. The number of alkyl halides is 3. The lowest BCUT2D eigenvalue weighted by atomic mass is 9.97. The second kappa shape index (κ2) is 6.48. The van der Waals surface area contributed by atoms with Crippen LogP contribution in [0.1, 0.15) is 43.4 Å². The van der Waals surface area contributed by atoms with E-state index in [0.29, 0.717) is 22.7 Å². The molecule has 2 heterocycles. The Bertz CT molecular complexity index is 1180. The number of anilines is 2. The van der Waals surface area contributed by atoms with Crippen molar-refractivity contribution < 1.29 is 18.0 Å². The predicted molar refractivity (Wildman–Crippen MR) is 109 cm³/mol. The first-order valence-corrected chi connectivity index (χ1v) is 9.99. The molecule has 0 spiro atoms. The third kappa shape index (κ3) is 3.20. The maximum absolute atomic E-state index is 13.6. The Labute approximate surface area is 171 Å². The molecule has 8 heteroatoms. The topological polar surface area (TPSA) is 59.0 Å². The highest BCUT2D eigenvalue weighted by Crippen LogP contribution is 2.45. The Hall–Kier alpha value is -3.03. The summed E-state index contributed by atoms with van der Waals surface area (Å²) in [6.45, 7) is 1.84. The number of hydrogen-bond acceptors (Lipinski definition) is 3. The van der Waals surface area contributed by atoms with Gasteiger partial charge in [-0.15, -0.1) is 0 Å². The predicted octanol–water partition coefficient (Wildman–Crippen LogP) is 5.28. The van der Waals surface area contributed by atoms with Crippen molar-refractivity contribution in [1.82, 2.24) is 9.78 Å². The molecule has 1 aliphatic carbocycles. The molecule has 30 heavy (non-hydrogen) atoms. The molecule has 2 aliphatic rings. The molecule has 1 fully saturated rings. The van der Waals surface area contributed by atoms with Crippen LogP contribution in [0.4, 0.5) is 24.5 Å². The van der Waals surface area contributed by atoms with Crippen LogP contribution in [-0.4, -0.2) is 21.7 Å². The molecule has 1 amide bonds. The van der Waals surface area contributed by atoms with E-state index in [1.807, 2.05) is 36.9 Å². The van der Waals surface area contributed by atoms with Crippen molar-refractivity contribution in [2.75, 3.05) is 10.6 Å². The van der Waals surface area contributed by atoms with Gasteiger partial charge in [0.25, 0.3) is 0 Å². The van der Waals surface area contributed by atoms with E-state index in [0.717, 1.165) is 41.6 Å². The van der Waals surface area contributed by atoms with Crippen molar-refractivity contribution >= 4 is 28.2 Å². The largest absolute Gasteiger partial charge is 0.416 e. The van der Waals surface area contributed by atoms with Crippen molar-refractivity contribution in [3.05, 3.63) is 41.6 Å². The van der Waals surface area contributed by atoms with Crippen molar-refractivity contribution in [2.24, 2.45) is 7.05 Å². The van der Waals surface area contributed by atoms with Gasteiger partial charge in [-0.25, -0.2) is 0 Å². The number of carbonyl (C=O) groups excluding carboxylic acids is 1. The Morgan fingerprint density at radius 2 is 1.93 bits per heavy atom. The van der Waals surface area contributed by atoms with E-state index >= 15 is 0 Å². The number of rotatable bonds is 2. The molecule has 1 aliphatic heterocycles. The van der Waals surface area contributed by atoms with Crippen molar-refractivity contribution in [1.29, 1.82) is 0 Å². The Morgan fingerprint density at radius 1 is 1.17 bits per heavy atom. The number of aromatic nitrogens is 2. The minimum absolute atomic E-state index is 0.155. The smallest absolute Gasteiger partial charge is 0.380 e. The third-order valence-corrected chi connectivity index (χ3v) is 5.78. The lowest BCUT2D eigenvalue weighted by Crippen LogP contribution is -2.19. The highest BCUT2D eigenvalue weighted by molar-refractivity contribution is 6.01.